The molecule has 3 N–H and O–H groups in total. The van der Waals surface area contributed by atoms with Gasteiger partial charge in [-0.1, -0.05) is 268 Å². The van der Waals surface area contributed by atoms with E-state index in [1.54, 1.807) is 0 Å². The number of ether oxygens (including phenoxy) is 4. The van der Waals surface area contributed by atoms with Crippen molar-refractivity contribution in [3.05, 3.63) is 72.9 Å². The largest absolute Gasteiger partial charge is 0.472 e. The number of aliphatic hydroxyl groups excluding tert-OH is 1. The van der Waals surface area contributed by atoms with Gasteiger partial charge in [-0.05, 0) is 116 Å². The molecule has 0 aliphatic heterocycles. The van der Waals surface area contributed by atoms with E-state index in [1.807, 2.05) is 0 Å². The van der Waals surface area contributed by atoms with Gasteiger partial charge in [0, 0.05) is 25.7 Å². The van der Waals surface area contributed by atoms with Crippen molar-refractivity contribution >= 4 is 39.5 Å². The third kappa shape index (κ3) is 69.0. The molecule has 96 heavy (non-hydrogen) atoms. The Morgan fingerprint density at radius 3 is 0.875 bits per heavy atom. The van der Waals surface area contributed by atoms with Crippen LogP contribution < -0.4 is 0 Å². The highest BCUT2D eigenvalue weighted by Gasteiger charge is 2.30. The normalized spacial score (nSPS) is 14.4. The zero-order chi connectivity index (χ0) is 70.4. The first kappa shape index (κ1) is 92.5. The second-order valence-electron chi connectivity index (χ2n) is 25.6. The Labute approximate surface area is 583 Å². The number of phosphoric acid groups is 2. The van der Waals surface area contributed by atoms with Gasteiger partial charge >= 0.3 is 39.5 Å². The van der Waals surface area contributed by atoms with Gasteiger partial charge in [-0.25, -0.2) is 9.13 Å². The summed E-state index contributed by atoms with van der Waals surface area (Å²) in [5.74, 6) is -2.22. The number of phosphoric ester groups is 2. The van der Waals surface area contributed by atoms with Gasteiger partial charge in [0.05, 0.1) is 26.4 Å². The smallest absolute Gasteiger partial charge is 0.462 e. The number of rotatable bonds is 72. The first-order valence-electron chi connectivity index (χ1n) is 38.2. The van der Waals surface area contributed by atoms with E-state index in [9.17, 15) is 43.2 Å². The zero-order valence-corrected chi connectivity index (χ0v) is 62.6. The van der Waals surface area contributed by atoms with Crippen molar-refractivity contribution in [2.45, 2.75) is 354 Å². The lowest BCUT2D eigenvalue weighted by atomic mass is 10.0. The van der Waals surface area contributed by atoms with Crippen molar-refractivity contribution in [3.8, 4) is 0 Å². The molecule has 0 radical (unpaired) electrons. The van der Waals surface area contributed by atoms with Crippen LogP contribution in [0.2, 0.25) is 0 Å². The van der Waals surface area contributed by atoms with Crippen LogP contribution in [-0.2, 0) is 65.4 Å². The van der Waals surface area contributed by atoms with E-state index < -0.39 is 97.5 Å². The molecule has 0 rings (SSSR count). The van der Waals surface area contributed by atoms with Crippen LogP contribution in [0, 0.1) is 0 Å². The Morgan fingerprint density at radius 1 is 0.302 bits per heavy atom. The predicted molar refractivity (Wildman–Crippen MR) is 390 cm³/mol. The molecule has 0 aromatic rings. The summed E-state index contributed by atoms with van der Waals surface area (Å²) in [4.78, 5) is 72.8. The van der Waals surface area contributed by atoms with Gasteiger partial charge in [-0.2, -0.15) is 0 Å². The van der Waals surface area contributed by atoms with Gasteiger partial charge in [0.1, 0.15) is 19.3 Å². The van der Waals surface area contributed by atoms with Crippen LogP contribution in [0.3, 0.4) is 0 Å². The van der Waals surface area contributed by atoms with E-state index in [2.05, 4.69) is 101 Å². The minimum atomic E-state index is -4.98. The number of unbranched alkanes of at least 4 members (excludes halogenated alkanes) is 34. The summed E-state index contributed by atoms with van der Waals surface area (Å²) in [6, 6.07) is 0. The molecule has 0 amide bonds. The SMILES string of the molecule is CC/C=C\C/C=C\C/C=C\C/C=C\CCCCC(=O)OCC(COP(=O)(O)OCC(O)COP(=O)(O)OCC(COC(=O)CCCCCCCCCCCCCCCCC)OC(=O)CCCCCCC/C=C\CCCCCC)OC(=O)CCCCCCC/C=C\CCCCCC. The lowest BCUT2D eigenvalue weighted by Crippen LogP contribution is -2.30. The van der Waals surface area contributed by atoms with Crippen LogP contribution >= 0.6 is 15.6 Å². The summed E-state index contributed by atoms with van der Waals surface area (Å²) >= 11 is 0. The fraction of sp³-hybridized carbons (Fsp3) is 0.792. The molecule has 0 aromatic heterocycles. The maximum Gasteiger partial charge on any atom is 0.472 e. The summed E-state index contributed by atoms with van der Waals surface area (Å²) in [5, 5.41) is 10.6. The molecule has 17 nitrogen and oxygen atoms in total. The van der Waals surface area contributed by atoms with Crippen LogP contribution in [0.15, 0.2) is 72.9 Å². The molecule has 0 aliphatic carbocycles. The van der Waals surface area contributed by atoms with Crippen molar-refractivity contribution < 1.29 is 80.2 Å². The molecule has 0 aliphatic rings. The standard InChI is InChI=1S/C77H138O17P2/c1-5-9-13-17-21-25-29-33-35-39-41-45-49-53-57-61-74(79)87-67-72(93-76(81)63-59-55-51-47-43-37-31-27-23-19-15-11-7-3)69-91-95(83,84)89-65-71(78)66-90-96(85,86)92-70-73(94-77(82)64-60-56-52-48-44-38-32-28-24-20-16-12-8-4)68-88-75(80)62-58-54-50-46-42-40-36-34-30-26-22-18-14-10-6-2/h9,13,21,25,27-28,31-33,35,41,45,71-73,78H,5-8,10-12,14-20,22-24,26,29-30,34,36-40,42-44,46-70H2,1-4H3,(H,83,84)(H,85,86)/b13-9-,25-21-,31-27-,32-28-,35-33-,45-41-. The van der Waals surface area contributed by atoms with Crippen LogP contribution in [-0.4, -0.2) is 96.7 Å². The average Bonchev–Trinajstić information content (AvgIpc) is 1.14. The Morgan fingerprint density at radius 2 is 0.542 bits per heavy atom. The van der Waals surface area contributed by atoms with Gasteiger partial charge in [0.2, 0.25) is 0 Å². The number of hydrogen-bond donors (Lipinski definition) is 3. The predicted octanol–water partition coefficient (Wildman–Crippen LogP) is 21.7. The molecule has 0 saturated carbocycles. The molecular formula is C77H138O17P2. The monoisotopic (exact) mass is 1400 g/mol. The van der Waals surface area contributed by atoms with Gasteiger partial charge in [0.25, 0.3) is 0 Å². The number of carbonyl (C=O) groups excluding carboxylic acids is 4. The topological polar surface area (TPSA) is 237 Å². The second-order valence-corrected chi connectivity index (χ2v) is 28.5. The Bertz CT molecular complexity index is 2110. The molecular weight excluding hydrogens is 1260 g/mol. The van der Waals surface area contributed by atoms with Gasteiger partial charge in [-0.3, -0.25) is 37.3 Å². The van der Waals surface area contributed by atoms with Crippen molar-refractivity contribution in [1.29, 1.82) is 0 Å². The van der Waals surface area contributed by atoms with Crippen molar-refractivity contribution in [3.63, 3.8) is 0 Å². The molecule has 5 atom stereocenters. The number of esters is 4. The number of aliphatic hydroxyl groups is 1. The fourth-order valence-electron chi connectivity index (χ4n) is 10.3. The lowest BCUT2D eigenvalue weighted by molar-refractivity contribution is -0.161. The summed E-state index contributed by atoms with van der Waals surface area (Å²) in [6.45, 7) is 4.70. The van der Waals surface area contributed by atoms with Crippen molar-refractivity contribution in [2.75, 3.05) is 39.6 Å². The van der Waals surface area contributed by atoms with Crippen LogP contribution in [0.4, 0.5) is 0 Å². The van der Waals surface area contributed by atoms with Crippen molar-refractivity contribution in [1.82, 2.24) is 0 Å². The zero-order valence-electron chi connectivity index (χ0n) is 60.8. The molecule has 0 saturated heterocycles. The van der Waals surface area contributed by atoms with E-state index in [-0.39, 0.29) is 25.7 Å². The minimum Gasteiger partial charge on any atom is -0.462 e. The van der Waals surface area contributed by atoms with Gasteiger partial charge in [-0.15, -0.1) is 0 Å². The fourth-order valence-corrected chi connectivity index (χ4v) is 11.9. The molecule has 0 spiro atoms. The summed E-state index contributed by atoms with van der Waals surface area (Å²) in [6.07, 6.45) is 69.0. The number of hydrogen-bond acceptors (Lipinski definition) is 15. The van der Waals surface area contributed by atoms with E-state index in [0.717, 1.165) is 135 Å². The average molecular weight is 1400 g/mol. The summed E-state index contributed by atoms with van der Waals surface area (Å²) in [7, 11) is -9.95. The Hall–Kier alpha value is -3.50. The Kier molecular flexibility index (Phi) is 67.4. The van der Waals surface area contributed by atoms with E-state index in [1.165, 1.54) is 122 Å². The third-order valence-electron chi connectivity index (χ3n) is 16.2. The third-order valence-corrected chi connectivity index (χ3v) is 18.1. The molecule has 0 aromatic carbocycles. The highest BCUT2D eigenvalue weighted by molar-refractivity contribution is 7.47. The molecule has 19 heteroatoms. The quantitative estimate of drug-likeness (QED) is 0.0169. The van der Waals surface area contributed by atoms with Crippen LogP contribution in [0.1, 0.15) is 336 Å². The molecule has 0 bridgehead atoms. The lowest BCUT2D eigenvalue weighted by Gasteiger charge is -2.21. The second kappa shape index (κ2) is 70.0. The minimum absolute atomic E-state index is 0.0777. The molecule has 5 unspecified atom stereocenters. The van der Waals surface area contributed by atoms with Crippen LogP contribution in [0.25, 0.3) is 0 Å². The molecule has 0 heterocycles. The van der Waals surface area contributed by atoms with Crippen molar-refractivity contribution in [2.24, 2.45) is 0 Å². The first-order valence-corrected chi connectivity index (χ1v) is 41.2. The van der Waals surface area contributed by atoms with E-state index in [4.69, 9.17) is 37.0 Å². The maximum atomic E-state index is 13.1. The van der Waals surface area contributed by atoms with Gasteiger partial charge in [0.15, 0.2) is 12.2 Å². The maximum absolute atomic E-state index is 13.1. The molecule has 558 valence electrons. The van der Waals surface area contributed by atoms with E-state index >= 15 is 0 Å². The highest BCUT2D eigenvalue weighted by Crippen LogP contribution is 2.45. The molecule has 0 fully saturated rings. The highest BCUT2D eigenvalue weighted by atomic mass is 31.2. The summed E-state index contributed by atoms with van der Waals surface area (Å²) < 4.78 is 68.4. The Balaban J connectivity index is 5.35. The first-order chi connectivity index (χ1) is 46.7. The van der Waals surface area contributed by atoms with Crippen LogP contribution in [0.5, 0.6) is 0 Å². The number of carbonyl (C=O) groups is 4. The van der Waals surface area contributed by atoms with Gasteiger partial charge < -0.3 is 33.8 Å². The van der Waals surface area contributed by atoms with E-state index in [0.29, 0.717) is 25.7 Å². The number of allylic oxidation sites excluding steroid dienone is 12. The summed E-state index contributed by atoms with van der Waals surface area (Å²) in [5.41, 5.74) is 0.